The minimum Gasteiger partial charge on any atom is -0.496 e. The van der Waals surface area contributed by atoms with Gasteiger partial charge in [0.1, 0.15) is 17.7 Å². The standard InChI is InChI=1S/C17H27FO4/c1-4-5-8-21-11-13(2)12-22-17(10-19)15-9-14(18)6-7-16(15)20-3/h6-7,9,13,17,19H,4-5,8,10-12H2,1-3H3. The highest BCUT2D eigenvalue weighted by atomic mass is 19.1. The van der Waals surface area contributed by atoms with Crippen LogP contribution in [0.2, 0.25) is 0 Å². The van der Waals surface area contributed by atoms with Crippen molar-refractivity contribution in [2.24, 2.45) is 5.92 Å². The van der Waals surface area contributed by atoms with Crippen LogP contribution in [0.3, 0.4) is 0 Å². The Balaban J connectivity index is 2.53. The zero-order valence-corrected chi connectivity index (χ0v) is 13.7. The van der Waals surface area contributed by atoms with Gasteiger partial charge in [0.25, 0.3) is 0 Å². The molecule has 0 aliphatic carbocycles. The molecule has 0 bridgehead atoms. The van der Waals surface area contributed by atoms with Crippen LogP contribution in [0.25, 0.3) is 0 Å². The molecule has 0 radical (unpaired) electrons. The van der Waals surface area contributed by atoms with Crippen molar-refractivity contribution in [2.75, 3.05) is 33.5 Å². The van der Waals surface area contributed by atoms with Gasteiger partial charge in [0.2, 0.25) is 0 Å². The number of ether oxygens (including phenoxy) is 3. The summed E-state index contributed by atoms with van der Waals surface area (Å²) in [6, 6.07) is 4.19. The quantitative estimate of drug-likeness (QED) is 0.636. The number of rotatable bonds is 11. The molecule has 0 spiro atoms. The van der Waals surface area contributed by atoms with Crippen molar-refractivity contribution in [1.82, 2.24) is 0 Å². The maximum Gasteiger partial charge on any atom is 0.124 e. The lowest BCUT2D eigenvalue weighted by atomic mass is 10.1. The highest BCUT2D eigenvalue weighted by Crippen LogP contribution is 2.28. The van der Waals surface area contributed by atoms with Gasteiger partial charge in [0.05, 0.1) is 26.9 Å². The van der Waals surface area contributed by atoms with Crippen LogP contribution in [-0.4, -0.2) is 38.6 Å². The Morgan fingerprint density at radius 3 is 2.68 bits per heavy atom. The Morgan fingerprint density at radius 1 is 1.27 bits per heavy atom. The van der Waals surface area contributed by atoms with E-state index < -0.39 is 6.10 Å². The van der Waals surface area contributed by atoms with Gasteiger partial charge in [-0.2, -0.15) is 0 Å². The van der Waals surface area contributed by atoms with Crippen molar-refractivity contribution >= 4 is 0 Å². The SMILES string of the molecule is CCCCOCC(C)COC(CO)c1cc(F)ccc1OC. The molecule has 0 saturated heterocycles. The van der Waals surface area contributed by atoms with Crippen molar-refractivity contribution in [3.8, 4) is 5.75 Å². The molecule has 0 fully saturated rings. The summed E-state index contributed by atoms with van der Waals surface area (Å²) in [5.41, 5.74) is 0.518. The lowest BCUT2D eigenvalue weighted by Crippen LogP contribution is -2.18. The zero-order chi connectivity index (χ0) is 16.4. The van der Waals surface area contributed by atoms with Gasteiger partial charge < -0.3 is 19.3 Å². The molecule has 5 heteroatoms. The third-order valence-electron chi connectivity index (χ3n) is 3.33. The first kappa shape index (κ1) is 18.9. The summed E-state index contributed by atoms with van der Waals surface area (Å²) in [4.78, 5) is 0. The normalized spacial score (nSPS) is 13.9. The van der Waals surface area contributed by atoms with Gasteiger partial charge in [-0.25, -0.2) is 4.39 Å². The van der Waals surface area contributed by atoms with Gasteiger partial charge >= 0.3 is 0 Å². The first-order valence-electron chi connectivity index (χ1n) is 7.76. The zero-order valence-electron chi connectivity index (χ0n) is 13.7. The predicted molar refractivity (Wildman–Crippen MR) is 83.6 cm³/mol. The molecule has 2 unspecified atom stereocenters. The minimum atomic E-state index is -0.608. The van der Waals surface area contributed by atoms with Crippen molar-refractivity contribution in [3.63, 3.8) is 0 Å². The average Bonchev–Trinajstić information content (AvgIpc) is 2.52. The maximum absolute atomic E-state index is 13.4. The molecule has 1 rings (SSSR count). The number of hydrogen-bond acceptors (Lipinski definition) is 4. The lowest BCUT2D eigenvalue weighted by molar-refractivity contribution is -0.0219. The molecule has 0 aromatic heterocycles. The van der Waals surface area contributed by atoms with E-state index >= 15 is 0 Å². The van der Waals surface area contributed by atoms with Gasteiger partial charge in [-0.15, -0.1) is 0 Å². The van der Waals surface area contributed by atoms with E-state index in [1.54, 1.807) is 0 Å². The third-order valence-corrected chi connectivity index (χ3v) is 3.33. The molecule has 22 heavy (non-hydrogen) atoms. The third kappa shape index (κ3) is 6.30. The number of unbranched alkanes of at least 4 members (excludes halogenated alkanes) is 1. The van der Waals surface area contributed by atoms with E-state index in [4.69, 9.17) is 14.2 Å². The number of benzene rings is 1. The molecule has 0 heterocycles. The number of methoxy groups -OCH3 is 1. The van der Waals surface area contributed by atoms with E-state index in [2.05, 4.69) is 6.92 Å². The van der Waals surface area contributed by atoms with Crippen LogP contribution in [0.15, 0.2) is 18.2 Å². The van der Waals surface area contributed by atoms with E-state index in [1.165, 1.54) is 25.3 Å². The second-order valence-electron chi connectivity index (χ2n) is 5.42. The molecular weight excluding hydrogens is 287 g/mol. The fourth-order valence-corrected chi connectivity index (χ4v) is 2.06. The summed E-state index contributed by atoms with van der Waals surface area (Å²) in [7, 11) is 1.51. The van der Waals surface area contributed by atoms with Crippen LogP contribution < -0.4 is 4.74 Å². The Labute approximate surface area is 132 Å². The molecule has 126 valence electrons. The monoisotopic (exact) mass is 314 g/mol. The molecule has 0 aliphatic rings. The molecule has 1 aromatic carbocycles. The number of halogens is 1. The molecule has 2 atom stereocenters. The minimum absolute atomic E-state index is 0.200. The van der Waals surface area contributed by atoms with Gasteiger partial charge in [-0.05, 0) is 24.6 Å². The topological polar surface area (TPSA) is 47.9 Å². The van der Waals surface area contributed by atoms with E-state index in [9.17, 15) is 9.50 Å². The molecule has 1 N–H and O–H groups in total. The van der Waals surface area contributed by atoms with Crippen molar-refractivity contribution < 1.29 is 23.7 Å². The summed E-state index contributed by atoms with van der Waals surface area (Å²) >= 11 is 0. The predicted octanol–water partition coefficient (Wildman–Crippen LogP) is 3.34. The molecule has 4 nitrogen and oxygen atoms in total. The second kappa shape index (κ2) is 10.5. The number of aliphatic hydroxyl groups is 1. The fraction of sp³-hybridized carbons (Fsp3) is 0.647. The summed E-state index contributed by atoms with van der Waals surface area (Å²) in [5.74, 6) is 0.326. The first-order valence-corrected chi connectivity index (χ1v) is 7.76. The number of hydrogen-bond donors (Lipinski definition) is 1. The molecule has 0 saturated carbocycles. The van der Waals surface area contributed by atoms with E-state index in [-0.39, 0.29) is 18.3 Å². The van der Waals surface area contributed by atoms with Crippen LogP contribution >= 0.6 is 0 Å². The van der Waals surface area contributed by atoms with Crippen LogP contribution in [0, 0.1) is 11.7 Å². The summed E-state index contributed by atoms with van der Waals surface area (Å²) in [5, 5.41) is 9.51. The molecule has 1 aromatic rings. The average molecular weight is 314 g/mol. The summed E-state index contributed by atoms with van der Waals surface area (Å²) in [6.45, 7) is 5.69. The largest absolute Gasteiger partial charge is 0.496 e. The second-order valence-corrected chi connectivity index (χ2v) is 5.42. The fourth-order valence-electron chi connectivity index (χ4n) is 2.06. The Bertz CT molecular complexity index is 425. The van der Waals surface area contributed by atoms with Gasteiger partial charge in [0, 0.05) is 18.1 Å². The van der Waals surface area contributed by atoms with Gasteiger partial charge in [-0.3, -0.25) is 0 Å². The van der Waals surface area contributed by atoms with Crippen LogP contribution in [0.4, 0.5) is 4.39 Å². The highest BCUT2D eigenvalue weighted by Gasteiger charge is 2.18. The van der Waals surface area contributed by atoms with Gasteiger partial charge in [-0.1, -0.05) is 20.3 Å². The first-order chi connectivity index (χ1) is 10.6. The summed E-state index contributed by atoms with van der Waals surface area (Å²) < 4.78 is 29.9. The Hall–Kier alpha value is -1.17. The van der Waals surface area contributed by atoms with Crippen LogP contribution in [0.5, 0.6) is 5.75 Å². The molecular formula is C17H27FO4. The number of aliphatic hydroxyl groups excluding tert-OH is 1. The van der Waals surface area contributed by atoms with Crippen molar-refractivity contribution in [2.45, 2.75) is 32.8 Å². The summed E-state index contributed by atoms with van der Waals surface area (Å²) in [6.07, 6.45) is 1.55. The van der Waals surface area contributed by atoms with Crippen molar-refractivity contribution in [3.05, 3.63) is 29.6 Å². The van der Waals surface area contributed by atoms with E-state index in [0.717, 1.165) is 19.4 Å². The van der Waals surface area contributed by atoms with Gasteiger partial charge in [0.15, 0.2) is 0 Å². The van der Waals surface area contributed by atoms with E-state index in [0.29, 0.717) is 24.5 Å². The molecule has 0 aliphatic heterocycles. The molecule has 0 amide bonds. The Morgan fingerprint density at radius 2 is 2.05 bits per heavy atom. The Kier molecular flexibility index (Phi) is 9.04. The maximum atomic E-state index is 13.4. The smallest absolute Gasteiger partial charge is 0.124 e. The van der Waals surface area contributed by atoms with Crippen molar-refractivity contribution in [1.29, 1.82) is 0 Å². The lowest BCUT2D eigenvalue weighted by Gasteiger charge is -2.21. The highest BCUT2D eigenvalue weighted by molar-refractivity contribution is 5.35. The van der Waals surface area contributed by atoms with Crippen LogP contribution in [-0.2, 0) is 9.47 Å². The van der Waals surface area contributed by atoms with Crippen LogP contribution in [0.1, 0.15) is 38.4 Å². The van der Waals surface area contributed by atoms with E-state index in [1.807, 2.05) is 6.92 Å².